The molecule has 0 fully saturated rings. The summed E-state index contributed by atoms with van der Waals surface area (Å²) in [5.41, 5.74) is 0.949. The molecule has 0 saturated carbocycles. The third kappa shape index (κ3) is 3.92. The Morgan fingerprint density at radius 1 is 1.11 bits per heavy atom. The number of halogens is 1. The minimum Gasteiger partial charge on any atom is -0.486 e. The van der Waals surface area contributed by atoms with Gasteiger partial charge >= 0.3 is 0 Å². The molecule has 1 aliphatic rings. The van der Waals surface area contributed by atoms with E-state index in [1.165, 1.54) is 0 Å². The van der Waals surface area contributed by atoms with Crippen LogP contribution in [0.3, 0.4) is 0 Å². The summed E-state index contributed by atoms with van der Waals surface area (Å²) >= 11 is 3.57. The van der Waals surface area contributed by atoms with Gasteiger partial charge in [0.1, 0.15) is 19.0 Å². The zero-order valence-electron chi connectivity index (χ0n) is 15.4. The van der Waals surface area contributed by atoms with Gasteiger partial charge in [-0.2, -0.15) is 0 Å². The Balaban J connectivity index is 1.39. The van der Waals surface area contributed by atoms with Gasteiger partial charge in [0.15, 0.2) is 18.1 Å². The van der Waals surface area contributed by atoms with Crippen molar-refractivity contribution in [3.8, 4) is 17.2 Å². The molecule has 0 bridgehead atoms. The fourth-order valence-electron chi connectivity index (χ4n) is 3.16. The standard InChI is InChI=1S/C22H20BrNO4/c1-14(16-7-8-18-20(12-16)27-11-10-26-18)24-21(25)13-28-19-9-6-15-4-2-3-5-17(15)22(19)23/h2-9,12,14H,10-11,13H2,1H3,(H,24,25). The number of carbonyl (C=O) groups is 1. The van der Waals surface area contributed by atoms with Gasteiger partial charge in [-0.15, -0.1) is 0 Å². The first-order valence-corrected chi connectivity index (χ1v) is 9.90. The average molecular weight is 442 g/mol. The van der Waals surface area contributed by atoms with Crippen LogP contribution in [0.2, 0.25) is 0 Å². The zero-order valence-corrected chi connectivity index (χ0v) is 17.0. The molecule has 1 heterocycles. The molecule has 1 N–H and O–H groups in total. The quantitative estimate of drug-likeness (QED) is 0.626. The number of carbonyl (C=O) groups excluding carboxylic acids is 1. The molecule has 3 aromatic rings. The number of nitrogens with one attached hydrogen (secondary N) is 1. The Morgan fingerprint density at radius 3 is 2.75 bits per heavy atom. The summed E-state index contributed by atoms with van der Waals surface area (Å²) in [5.74, 6) is 1.89. The maximum atomic E-state index is 12.4. The summed E-state index contributed by atoms with van der Waals surface area (Å²) in [5, 5.41) is 5.11. The predicted molar refractivity (Wildman–Crippen MR) is 111 cm³/mol. The third-order valence-corrected chi connectivity index (χ3v) is 5.45. The summed E-state index contributed by atoms with van der Waals surface area (Å²) in [6.45, 7) is 2.95. The highest BCUT2D eigenvalue weighted by atomic mass is 79.9. The number of fused-ring (bicyclic) bond motifs is 2. The number of hydrogen-bond donors (Lipinski definition) is 1. The zero-order chi connectivity index (χ0) is 19.5. The van der Waals surface area contributed by atoms with Crippen molar-refractivity contribution in [1.82, 2.24) is 5.32 Å². The van der Waals surface area contributed by atoms with E-state index in [4.69, 9.17) is 14.2 Å². The molecule has 28 heavy (non-hydrogen) atoms. The van der Waals surface area contributed by atoms with Crippen molar-refractivity contribution in [2.75, 3.05) is 19.8 Å². The van der Waals surface area contributed by atoms with Gasteiger partial charge in [0.2, 0.25) is 0 Å². The molecule has 1 atom stereocenters. The van der Waals surface area contributed by atoms with Crippen molar-refractivity contribution < 1.29 is 19.0 Å². The van der Waals surface area contributed by atoms with E-state index in [0.717, 1.165) is 26.6 Å². The molecule has 1 unspecified atom stereocenters. The molecule has 1 aliphatic heterocycles. The van der Waals surface area contributed by atoms with E-state index in [0.29, 0.717) is 24.7 Å². The number of ether oxygens (including phenoxy) is 3. The van der Waals surface area contributed by atoms with Gasteiger partial charge in [0.25, 0.3) is 5.91 Å². The lowest BCUT2D eigenvalue weighted by Gasteiger charge is -2.21. The summed E-state index contributed by atoms with van der Waals surface area (Å²) in [6, 6.07) is 17.4. The highest BCUT2D eigenvalue weighted by Gasteiger charge is 2.16. The molecule has 1 amide bonds. The van der Waals surface area contributed by atoms with Crippen LogP contribution in [0.1, 0.15) is 18.5 Å². The van der Waals surface area contributed by atoms with Crippen LogP contribution in [0, 0.1) is 0 Å². The molecular weight excluding hydrogens is 422 g/mol. The van der Waals surface area contributed by atoms with Crippen LogP contribution in [0.25, 0.3) is 10.8 Å². The highest BCUT2D eigenvalue weighted by molar-refractivity contribution is 9.10. The average Bonchev–Trinajstić information content (AvgIpc) is 2.73. The predicted octanol–water partition coefficient (Wildman–Crippen LogP) is 4.63. The van der Waals surface area contributed by atoms with Crippen LogP contribution >= 0.6 is 15.9 Å². The van der Waals surface area contributed by atoms with E-state index in [-0.39, 0.29) is 18.6 Å². The summed E-state index contributed by atoms with van der Waals surface area (Å²) in [4.78, 5) is 12.4. The Bertz CT molecular complexity index is 1020. The lowest BCUT2D eigenvalue weighted by Crippen LogP contribution is -2.31. The van der Waals surface area contributed by atoms with E-state index in [9.17, 15) is 4.79 Å². The normalized spacial score (nSPS) is 13.8. The monoisotopic (exact) mass is 441 g/mol. The van der Waals surface area contributed by atoms with Crippen LogP contribution in [-0.2, 0) is 4.79 Å². The molecule has 6 heteroatoms. The van der Waals surface area contributed by atoms with Crippen molar-refractivity contribution >= 4 is 32.6 Å². The fraction of sp³-hybridized carbons (Fsp3) is 0.227. The fourth-order valence-corrected chi connectivity index (χ4v) is 3.77. The van der Waals surface area contributed by atoms with E-state index >= 15 is 0 Å². The lowest BCUT2D eigenvalue weighted by atomic mass is 10.1. The summed E-state index contributed by atoms with van der Waals surface area (Å²) < 4.78 is 17.7. The molecule has 0 radical (unpaired) electrons. The van der Waals surface area contributed by atoms with E-state index in [1.807, 2.05) is 61.5 Å². The number of benzene rings is 3. The van der Waals surface area contributed by atoms with Crippen LogP contribution in [0.5, 0.6) is 17.2 Å². The first kappa shape index (κ1) is 18.6. The summed E-state index contributed by atoms with van der Waals surface area (Å²) in [7, 11) is 0. The Hall–Kier alpha value is -2.73. The summed E-state index contributed by atoms with van der Waals surface area (Å²) in [6.07, 6.45) is 0. The van der Waals surface area contributed by atoms with Crippen molar-refractivity contribution in [2.45, 2.75) is 13.0 Å². The van der Waals surface area contributed by atoms with Crippen LogP contribution < -0.4 is 19.5 Å². The second kappa shape index (κ2) is 8.10. The number of hydrogen-bond acceptors (Lipinski definition) is 4. The smallest absolute Gasteiger partial charge is 0.258 e. The van der Waals surface area contributed by atoms with Gasteiger partial charge in [-0.25, -0.2) is 0 Å². The molecule has 0 saturated heterocycles. The maximum absolute atomic E-state index is 12.4. The van der Waals surface area contributed by atoms with Crippen molar-refractivity contribution in [1.29, 1.82) is 0 Å². The lowest BCUT2D eigenvalue weighted by molar-refractivity contribution is -0.123. The minimum atomic E-state index is -0.192. The number of rotatable bonds is 5. The van der Waals surface area contributed by atoms with E-state index < -0.39 is 0 Å². The van der Waals surface area contributed by atoms with Gasteiger partial charge in [0, 0.05) is 0 Å². The van der Waals surface area contributed by atoms with E-state index in [1.54, 1.807) is 0 Å². The van der Waals surface area contributed by atoms with Gasteiger partial charge in [-0.1, -0.05) is 36.4 Å². The molecule has 3 aromatic carbocycles. The SMILES string of the molecule is CC(NC(=O)COc1ccc2ccccc2c1Br)c1ccc2c(c1)OCCO2. The molecule has 5 nitrogen and oxygen atoms in total. The van der Waals surface area contributed by atoms with Gasteiger partial charge < -0.3 is 19.5 Å². The third-order valence-electron chi connectivity index (χ3n) is 4.63. The Labute approximate surface area is 171 Å². The molecular formula is C22H20BrNO4. The topological polar surface area (TPSA) is 56.8 Å². The highest BCUT2D eigenvalue weighted by Crippen LogP contribution is 2.34. The molecule has 4 rings (SSSR count). The molecule has 0 spiro atoms. The second-order valence-corrected chi connectivity index (χ2v) is 7.37. The van der Waals surface area contributed by atoms with Crippen LogP contribution in [-0.4, -0.2) is 25.7 Å². The largest absolute Gasteiger partial charge is 0.486 e. The van der Waals surface area contributed by atoms with Crippen LogP contribution in [0.4, 0.5) is 0 Å². The first-order valence-electron chi connectivity index (χ1n) is 9.11. The Kier molecular flexibility index (Phi) is 5.39. The van der Waals surface area contributed by atoms with E-state index in [2.05, 4.69) is 21.2 Å². The molecule has 144 valence electrons. The molecule has 0 aliphatic carbocycles. The number of amides is 1. The van der Waals surface area contributed by atoms with Gasteiger partial charge in [-0.3, -0.25) is 4.79 Å². The maximum Gasteiger partial charge on any atom is 0.258 e. The Morgan fingerprint density at radius 2 is 1.89 bits per heavy atom. The van der Waals surface area contributed by atoms with Crippen molar-refractivity contribution in [2.24, 2.45) is 0 Å². The van der Waals surface area contributed by atoms with Gasteiger partial charge in [0.05, 0.1) is 10.5 Å². The molecule has 0 aromatic heterocycles. The first-order chi connectivity index (χ1) is 13.6. The van der Waals surface area contributed by atoms with Crippen molar-refractivity contribution in [3.63, 3.8) is 0 Å². The van der Waals surface area contributed by atoms with Gasteiger partial charge in [-0.05, 0) is 57.4 Å². The minimum absolute atomic E-state index is 0.0637. The van der Waals surface area contributed by atoms with Crippen molar-refractivity contribution in [3.05, 3.63) is 64.6 Å². The van der Waals surface area contributed by atoms with Crippen LogP contribution in [0.15, 0.2) is 59.1 Å². The second-order valence-electron chi connectivity index (χ2n) is 6.58.